The Bertz CT molecular complexity index is 814. The summed E-state index contributed by atoms with van der Waals surface area (Å²) in [4.78, 5) is 24.1. The second-order valence-corrected chi connectivity index (χ2v) is 5.82. The third-order valence-corrected chi connectivity index (χ3v) is 3.66. The molecule has 0 aliphatic heterocycles. The molecule has 1 amide bonds. The number of amides is 1. The fourth-order valence-corrected chi connectivity index (χ4v) is 2.32. The van der Waals surface area contributed by atoms with Gasteiger partial charge >= 0.3 is 5.97 Å². The first-order chi connectivity index (χ1) is 12.9. The molecule has 0 saturated heterocycles. The summed E-state index contributed by atoms with van der Waals surface area (Å²) in [5.41, 5.74) is 0.474. The first-order valence-corrected chi connectivity index (χ1v) is 8.58. The molecule has 0 radical (unpaired) electrons. The maximum atomic E-state index is 13.0. The molecule has 6 nitrogen and oxygen atoms in total. The van der Waals surface area contributed by atoms with E-state index in [1.54, 1.807) is 24.3 Å². The number of halogens is 2. The topological polar surface area (TPSA) is 73.9 Å². The molecular weight excluding hydrogens is 377 g/mol. The van der Waals surface area contributed by atoms with Crippen molar-refractivity contribution >= 4 is 29.2 Å². The van der Waals surface area contributed by atoms with Gasteiger partial charge in [0.2, 0.25) is 0 Å². The zero-order valence-electron chi connectivity index (χ0n) is 14.8. The number of esters is 1. The predicted octanol–water partition coefficient (Wildman–Crippen LogP) is 3.83. The summed E-state index contributed by atoms with van der Waals surface area (Å²) in [6.45, 7) is 3.23. The maximum absolute atomic E-state index is 13.0. The Labute approximate surface area is 161 Å². The Morgan fingerprint density at radius 3 is 2.59 bits per heavy atom. The summed E-state index contributed by atoms with van der Waals surface area (Å²) in [6, 6.07) is 10.4. The smallest absolute Gasteiger partial charge is 0.344 e. The van der Waals surface area contributed by atoms with Crippen LogP contribution in [-0.2, 0) is 14.3 Å². The first-order valence-electron chi connectivity index (χ1n) is 8.20. The van der Waals surface area contributed by atoms with E-state index in [9.17, 15) is 14.0 Å². The van der Waals surface area contributed by atoms with Crippen LogP contribution in [0, 0.1) is 5.82 Å². The van der Waals surface area contributed by atoms with Crippen LogP contribution in [0.4, 0.5) is 10.1 Å². The molecule has 144 valence electrons. The molecule has 2 aromatic rings. The number of hydrogen-bond acceptors (Lipinski definition) is 5. The molecule has 0 saturated carbocycles. The van der Waals surface area contributed by atoms with Crippen molar-refractivity contribution in [2.24, 2.45) is 0 Å². The number of anilines is 1. The van der Waals surface area contributed by atoms with Crippen LogP contribution in [0.2, 0.25) is 5.02 Å². The molecule has 2 aromatic carbocycles. The van der Waals surface area contributed by atoms with Crippen LogP contribution in [0.3, 0.4) is 0 Å². The van der Waals surface area contributed by atoms with Crippen molar-refractivity contribution in [1.29, 1.82) is 0 Å². The molecule has 0 spiro atoms. The van der Waals surface area contributed by atoms with Gasteiger partial charge in [0.1, 0.15) is 17.3 Å². The van der Waals surface area contributed by atoms with Gasteiger partial charge in [0, 0.05) is 0 Å². The number of nitrogens with one attached hydrogen (secondary N) is 1. The van der Waals surface area contributed by atoms with Gasteiger partial charge in [-0.25, -0.2) is 9.18 Å². The predicted molar refractivity (Wildman–Crippen MR) is 98.7 cm³/mol. The average molecular weight is 396 g/mol. The minimum atomic E-state index is -1.06. The number of carbonyl (C=O) groups excluding carboxylic acids is 2. The lowest BCUT2D eigenvalue weighted by Crippen LogP contribution is -2.31. The van der Waals surface area contributed by atoms with Crippen molar-refractivity contribution in [3.8, 4) is 11.5 Å². The molecule has 27 heavy (non-hydrogen) atoms. The number of benzene rings is 2. The second-order valence-electron chi connectivity index (χ2n) is 5.41. The van der Waals surface area contributed by atoms with Crippen molar-refractivity contribution in [1.82, 2.24) is 0 Å². The largest absolute Gasteiger partial charge is 0.492 e. The van der Waals surface area contributed by atoms with E-state index in [2.05, 4.69) is 5.32 Å². The molecule has 0 aliphatic carbocycles. The van der Waals surface area contributed by atoms with Crippen LogP contribution in [-0.4, -0.2) is 31.2 Å². The van der Waals surface area contributed by atoms with E-state index in [-0.39, 0.29) is 10.8 Å². The van der Waals surface area contributed by atoms with Gasteiger partial charge in [-0.3, -0.25) is 4.79 Å². The Morgan fingerprint density at radius 2 is 1.89 bits per heavy atom. The van der Waals surface area contributed by atoms with Gasteiger partial charge < -0.3 is 19.5 Å². The zero-order chi connectivity index (χ0) is 19.8. The molecular formula is C19H19ClFNO5. The monoisotopic (exact) mass is 395 g/mol. The summed E-state index contributed by atoms with van der Waals surface area (Å²) in [6.07, 6.45) is -1.06. The highest BCUT2D eigenvalue weighted by atomic mass is 35.5. The Kier molecular flexibility index (Phi) is 7.43. The number of para-hydroxylation sites is 2. The molecule has 1 N–H and O–H groups in total. The minimum absolute atomic E-state index is 0.0288. The molecule has 0 bridgehead atoms. The van der Waals surface area contributed by atoms with Crippen LogP contribution in [0.15, 0.2) is 42.5 Å². The third kappa shape index (κ3) is 6.14. The molecule has 0 aliphatic rings. The van der Waals surface area contributed by atoms with E-state index in [0.29, 0.717) is 18.0 Å². The van der Waals surface area contributed by atoms with Crippen molar-refractivity contribution < 1.29 is 28.2 Å². The van der Waals surface area contributed by atoms with Crippen molar-refractivity contribution in [3.05, 3.63) is 53.3 Å². The quantitative estimate of drug-likeness (QED) is 0.688. The van der Waals surface area contributed by atoms with Crippen molar-refractivity contribution in [2.75, 3.05) is 18.5 Å². The van der Waals surface area contributed by atoms with Gasteiger partial charge in [-0.1, -0.05) is 23.7 Å². The van der Waals surface area contributed by atoms with Gasteiger partial charge in [0.15, 0.2) is 12.7 Å². The Hall–Kier alpha value is -2.80. The van der Waals surface area contributed by atoms with E-state index in [1.807, 2.05) is 6.92 Å². The third-order valence-electron chi connectivity index (χ3n) is 3.36. The highest BCUT2D eigenvalue weighted by Gasteiger charge is 2.20. The van der Waals surface area contributed by atoms with Crippen LogP contribution in [0.25, 0.3) is 0 Å². The number of rotatable bonds is 8. The van der Waals surface area contributed by atoms with Crippen molar-refractivity contribution in [3.63, 3.8) is 0 Å². The van der Waals surface area contributed by atoms with E-state index in [0.717, 1.165) is 12.1 Å². The lowest BCUT2D eigenvalue weighted by atomic mass is 10.2. The Balaban J connectivity index is 1.87. The highest BCUT2D eigenvalue weighted by molar-refractivity contribution is 6.32. The van der Waals surface area contributed by atoms with Gasteiger partial charge in [-0.2, -0.15) is 0 Å². The van der Waals surface area contributed by atoms with Crippen LogP contribution in [0.5, 0.6) is 11.5 Å². The number of ether oxygens (including phenoxy) is 3. The molecule has 8 heteroatoms. The van der Waals surface area contributed by atoms with Gasteiger partial charge in [-0.15, -0.1) is 0 Å². The van der Waals surface area contributed by atoms with E-state index in [1.165, 1.54) is 13.0 Å². The minimum Gasteiger partial charge on any atom is -0.492 e. The zero-order valence-corrected chi connectivity index (χ0v) is 15.6. The second kappa shape index (κ2) is 9.78. The fourth-order valence-electron chi connectivity index (χ4n) is 2.10. The summed E-state index contributed by atoms with van der Waals surface area (Å²) < 4.78 is 28.6. The van der Waals surface area contributed by atoms with Gasteiger partial charge in [0.05, 0.1) is 17.3 Å². The van der Waals surface area contributed by atoms with Crippen LogP contribution < -0.4 is 14.8 Å². The first kappa shape index (κ1) is 20.5. The van der Waals surface area contributed by atoms with Crippen LogP contribution >= 0.6 is 11.6 Å². The highest BCUT2D eigenvalue weighted by Crippen LogP contribution is 2.25. The van der Waals surface area contributed by atoms with Gasteiger partial charge in [-0.05, 0) is 44.2 Å². The molecule has 0 aromatic heterocycles. The van der Waals surface area contributed by atoms with Gasteiger partial charge in [0.25, 0.3) is 5.91 Å². The van der Waals surface area contributed by atoms with E-state index >= 15 is 0 Å². The van der Waals surface area contributed by atoms with E-state index < -0.39 is 30.4 Å². The van der Waals surface area contributed by atoms with E-state index in [4.69, 9.17) is 25.8 Å². The summed E-state index contributed by atoms with van der Waals surface area (Å²) in [5.74, 6) is -1.15. The molecule has 0 unspecified atom stereocenters. The Morgan fingerprint density at radius 1 is 1.15 bits per heavy atom. The number of hydrogen-bond donors (Lipinski definition) is 1. The lowest BCUT2D eigenvalue weighted by Gasteiger charge is -2.16. The summed E-state index contributed by atoms with van der Waals surface area (Å²) in [7, 11) is 0. The normalized spacial score (nSPS) is 11.4. The number of carbonyl (C=O) groups is 2. The molecule has 2 rings (SSSR count). The standard InChI is InChI=1S/C19H19ClFNO5/c1-3-25-17-7-5-4-6-15(17)22-19(24)12(2)27-18(23)11-26-16-9-8-13(21)10-14(16)20/h4-10,12H,3,11H2,1-2H3,(H,22,24)/t12-/m1/s1. The van der Waals surface area contributed by atoms with Crippen molar-refractivity contribution in [2.45, 2.75) is 20.0 Å². The maximum Gasteiger partial charge on any atom is 0.344 e. The molecule has 0 heterocycles. The summed E-state index contributed by atoms with van der Waals surface area (Å²) >= 11 is 5.81. The summed E-state index contributed by atoms with van der Waals surface area (Å²) in [5, 5.41) is 2.67. The average Bonchev–Trinajstić information content (AvgIpc) is 2.62. The van der Waals surface area contributed by atoms with Crippen LogP contribution in [0.1, 0.15) is 13.8 Å². The molecule has 1 atom stereocenters. The molecule has 0 fully saturated rings. The SMILES string of the molecule is CCOc1ccccc1NC(=O)[C@@H](C)OC(=O)COc1ccc(F)cc1Cl. The lowest BCUT2D eigenvalue weighted by molar-refractivity contribution is -0.155. The fraction of sp³-hybridized carbons (Fsp3) is 0.263.